The van der Waals surface area contributed by atoms with Crippen molar-refractivity contribution in [2.45, 2.75) is 10.9 Å². The van der Waals surface area contributed by atoms with E-state index in [0.29, 0.717) is 19.6 Å². The molecule has 1 saturated heterocycles. The van der Waals surface area contributed by atoms with Gasteiger partial charge in [0.1, 0.15) is 10.7 Å². The first-order valence-corrected chi connectivity index (χ1v) is 8.14. The molecule has 2 aromatic rings. The molecule has 0 saturated carbocycles. The van der Waals surface area contributed by atoms with Crippen molar-refractivity contribution in [2.24, 2.45) is 7.05 Å². The Hall–Kier alpha value is -1.77. The molecule has 1 aliphatic rings. The minimum absolute atomic E-state index is 0.214. The second-order valence-corrected chi connectivity index (χ2v) is 6.81. The highest BCUT2D eigenvalue weighted by molar-refractivity contribution is 7.89. The molecule has 1 N–H and O–H groups in total. The molecule has 112 valence electrons. The molecule has 3 heterocycles. The van der Waals surface area contributed by atoms with Crippen LogP contribution in [-0.4, -0.2) is 46.9 Å². The van der Waals surface area contributed by atoms with Gasteiger partial charge < -0.3 is 9.88 Å². The van der Waals surface area contributed by atoms with Crippen molar-refractivity contribution in [1.29, 1.82) is 0 Å². The van der Waals surface area contributed by atoms with Crippen LogP contribution in [0.3, 0.4) is 0 Å². The first-order valence-electron chi connectivity index (χ1n) is 6.70. The fourth-order valence-corrected chi connectivity index (χ4v) is 4.08. The number of piperazine rings is 1. The summed E-state index contributed by atoms with van der Waals surface area (Å²) in [5, 5.41) is 3.23. The average molecular weight is 307 g/mol. The Bertz CT molecular complexity index is 713. The molecule has 0 bridgehead atoms. The lowest BCUT2D eigenvalue weighted by molar-refractivity contribution is 0.258. The van der Waals surface area contributed by atoms with Gasteiger partial charge in [-0.15, -0.1) is 0 Å². The number of imidazole rings is 1. The molecule has 21 heavy (non-hydrogen) atoms. The highest BCUT2D eigenvalue weighted by atomic mass is 32.2. The van der Waals surface area contributed by atoms with Gasteiger partial charge in [0, 0.05) is 51.5 Å². The van der Waals surface area contributed by atoms with Crippen LogP contribution < -0.4 is 5.32 Å². The molecule has 8 heteroatoms. The predicted molar refractivity (Wildman–Crippen MR) is 76.9 cm³/mol. The maximum Gasteiger partial charge on any atom is 0.245 e. The molecule has 0 aliphatic carbocycles. The third kappa shape index (κ3) is 2.57. The highest BCUT2D eigenvalue weighted by Crippen LogP contribution is 2.27. The molecule has 1 atom stereocenters. The number of rotatable bonds is 3. The SMILES string of the molecule is Cn1ccnc1C1CNCCN1S(=O)(=O)c1cccnc1. The summed E-state index contributed by atoms with van der Waals surface area (Å²) in [5.74, 6) is 0.731. The van der Waals surface area contributed by atoms with Gasteiger partial charge >= 0.3 is 0 Å². The number of nitrogens with one attached hydrogen (secondary N) is 1. The van der Waals surface area contributed by atoms with Crippen LogP contribution in [0.25, 0.3) is 0 Å². The minimum Gasteiger partial charge on any atom is -0.337 e. The van der Waals surface area contributed by atoms with Crippen molar-refractivity contribution in [3.8, 4) is 0 Å². The van der Waals surface area contributed by atoms with E-state index in [0.717, 1.165) is 5.82 Å². The highest BCUT2D eigenvalue weighted by Gasteiger charge is 2.36. The van der Waals surface area contributed by atoms with Gasteiger partial charge in [-0.1, -0.05) is 0 Å². The zero-order valence-corrected chi connectivity index (χ0v) is 12.5. The van der Waals surface area contributed by atoms with Crippen molar-refractivity contribution >= 4 is 10.0 Å². The summed E-state index contributed by atoms with van der Waals surface area (Å²) in [4.78, 5) is 8.42. The van der Waals surface area contributed by atoms with Crippen molar-refractivity contribution in [3.63, 3.8) is 0 Å². The van der Waals surface area contributed by atoms with Crippen molar-refractivity contribution in [1.82, 2.24) is 24.2 Å². The summed E-state index contributed by atoms with van der Waals surface area (Å²) in [6.07, 6.45) is 6.44. The van der Waals surface area contributed by atoms with Crippen molar-refractivity contribution < 1.29 is 8.42 Å². The maximum atomic E-state index is 12.8. The third-order valence-electron chi connectivity index (χ3n) is 3.59. The third-order valence-corrected chi connectivity index (χ3v) is 5.48. The van der Waals surface area contributed by atoms with Crippen LogP contribution >= 0.6 is 0 Å². The predicted octanol–water partition coefficient (Wildman–Crippen LogP) is 0.150. The van der Waals surface area contributed by atoms with Crippen molar-refractivity contribution in [2.75, 3.05) is 19.6 Å². The van der Waals surface area contributed by atoms with Crippen LogP contribution in [0.1, 0.15) is 11.9 Å². The summed E-state index contributed by atoms with van der Waals surface area (Å²) in [6.45, 7) is 1.58. The van der Waals surface area contributed by atoms with Crippen LogP contribution in [0.15, 0.2) is 41.8 Å². The molecule has 0 aromatic carbocycles. The smallest absolute Gasteiger partial charge is 0.245 e. The van der Waals surface area contributed by atoms with E-state index in [4.69, 9.17) is 0 Å². The van der Waals surface area contributed by atoms with Crippen molar-refractivity contribution in [3.05, 3.63) is 42.7 Å². The van der Waals surface area contributed by atoms with Gasteiger partial charge in [0.25, 0.3) is 0 Å². The number of sulfonamides is 1. The standard InChI is InChI=1S/C13H17N5O2S/c1-17-7-6-16-13(17)12-10-15-5-8-18(12)21(19,20)11-3-2-4-14-9-11/h2-4,6-7,9,12,15H,5,8,10H2,1H3. The monoisotopic (exact) mass is 307 g/mol. The molecule has 0 radical (unpaired) electrons. The van der Waals surface area contributed by atoms with Gasteiger partial charge in [0.05, 0.1) is 6.04 Å². The van der Waals surface area contributed by atoms with E-state index in [1.54, 1.807) is 24.5 Å². The number of pyridine rings is 1. The zero-order valence-electron chi connectivity index (χ0n) is 11.7. The first kappa shape index (κ1) is 14.2. The molecule has 3 rings (SSSR count). The molecule has 1 aliphatic heterocycles. The summed E-state index contributed by atoms with van der Waals surface area (Å²) in [7, 11) is -1.71. The largest absolute Gasteiger partial charge is 0.337 e. The molecule has 1 fully saturated rings. The van der Waals surface area contributed by atoms with E-state index in [1.807, 2.05) is 17.8 Å². The van der Waals surface area contributed by atoms with Crippen LogP contribution in [-0.2, 0) is 17.1 Å². The maximum absolute atomic E-state index is 12.8. The minimum atomic E-state index is -3.58. The number of nitrogens with zero attached hydrogens (tertiary/aromatic N) is 4. The van der Waals surface area contributed by atoms with E-state index in [-0.39, 0.29) is 10.9 Å². The number of aromatic nitrogens is 3. The molecule has 0 spiro atoms. The molecule has 0 amide bonds. The normalized spacial score (nSPS) is 20.5. The Kier molecular flexibility index (Phi) is 3.75. The summed E-state index contributed by atoms with van der Waals surface area (Å²) >= 11 is 0. The molecular weight excluding hydrogens is 290 g/mol. The Morgan fingerprint density at radius 3 is 2.90 bits per heavy atom. The van der Waals surface area contributed by atoms with Gasteiger partial charge in [0.2, 0.25) is 10.0 Å². The van der Waals surface area contributed by atoms with E-state index >= 15 is 0 Å². The summed E-state index contributed by atoms with van der Waals surface area (Å²) in [5.41, 5.74) is 0. The Morgan fingerprint density at radius 1 is 1.38 bits per heavy atom. The van der Waals surface area contributed by atoms with Gasteiger partial charge in [0.15, 0.2) is 0 Å². The van der Waals surface area contributed by atoms with E-state index in [2.05, 4.69) is 15.3 Å². The van der Waals surface area contributed by atoms with Gasteiger partial charge in [-0.2, -0.15) is 4.31 Å². The zero-order chi connectivity index (χ0) is 14.9. The topological polar surface area (TPSA) is 80.1 Å². The Balaban J connectivity index is 2.01. The number of hydrogen-bond donors (Lipinski definition) is 1. The number of hydrogen-bond acceptors (Lipinski definition) is 5. The van der Waals surface area contributed by atoms with E-state index in [9.17, 15) is 8.42 Å². The average Bonchev–Trinajstić information content (AvgIpc) is 2.94. The molecule has 7 nitrogen and oxygen atoms in total. The van der Waals surface area contributed by atoms with Gasteiger partial charge in [-0.05, 0) is 12.1 Å². The van der Waals surface area contributed by atoms with E-state index in [1.165, 1.54) is 10.5 Å². The van der Waals surface area contributed by atoms with Crippen LogP contribution in [0, 0.1) is 0 Å². The number of aryl methyl sites for hydroxylation is 1. The molecular formula is C13H17N5O2S. The molecule has 2 aromatic heterocycles. The van der Waals surface area contributed by atoms with Crippen LogP contribution in [0.5, 0.6) is 0 Å². The second kappa shape index (κ2) is 5.55. The fourth-order valence-electron chi connectivity index (χ4n) is 2.53. The van der Waals surface area contributed by atoms with Gasteiger partial charge in [-0.3, -0.25) is 4.98 Å². The first-order chi connectivity index (χ1) is 10.1. The lowest BCUT2D eigenvalue weighted by Crippen LogP contribution is -2.49. The van der Waals surface area contributed by atoms with Crippen LogP contribution in [0.2, 0.25) is 0 Å². The fraction of sp³-hybridized carbons (Fsp3) is 0.385. The van der Waals surface area contributed by atoms with Crippen LogP contribution in [0.4, 0.5) is 0 Å². The lowest BCUT2D eigenvalue weighted by Gasteiger charge is -2.34. The second-order valence-electron chi connectivity index (χ2n) is 4.92. The quantitative estimate of drug-likeness (QED) is 0.873. The summed E-state index contributed by atoms with van der Waals surface area (Å²) in [6, 6.07) is 2.88. The Labute approximate surface area is 123 Å². The van der Waals surface area contributed by atoms with Gasteiger partial charge in [-0.25, -0.2) is 13.4 Å². The van der Waals surface area contributed by atoms with E-state index < -0.39 is 10.0 Å². The Morgan fingerprint density at radius 2 is 2.24 bits per heavy atom. The lowest BCUT2D eigenvalue weighted by atomic mass is 10.2. The molecule has 1 unspecified atom stereocenters. The summed E-state index contributed by atoms with van der Waals surface area (Å²) < 4.78 is 29.0.